The van der Waals surface area contributed by atoms with Crippen molar-refractivity contribution in [2.24, 2.45) is 11.5 Å². The van der Waals surface area contributed by atoms with Crippen LogP contribution in [-0.4, -0.2) is 26.2 Å². The second-order valence-electron chi connectivity index (χ2n) is 3.36. The first kappa shape index (κ1) is 10.9. The van der Waals surface area contributed by atoms with Gasteiger partial charge in [0.15, 0.2) is 0 Å². The summed E-state index contributed by atoms with van der Waals surface area (Å²) in [7, 11) is 1.87. The third-order valence-electron chi connectivity index (χ3n) is 2.06. The van der Waals surface area contributed by atoms with Crippen LogP contribution in [0.3, 0.4) is 0 Å². The normalized spacial score (nSPS) is 12.6. The van der Waals surface area contributed by atoms with E-state index in [1.807, 2.05) is 18.0 Å². The Kier molecular flexibility index (Phi) is 3.85. The number of hydrogen-bond donors (Lipinski definition) is 2. The van der Waals surface area contributed by atoms with Crippen LogP contribution in [0.1, 0.15) is 0 Å². The van der Waals surface area contributed by atoms with Gasteiger partial charge in [0, 0.05) is 31.9 Å². The molecule has 0 spiro atoms. The van der Waals surface area contributed by atoms with Crippen molar-refractivity contribution < 1.29 is 4.39 Å². The molecule has 4 N–H and O–H groups in total. The number of nitrogens with zero attached hydrogens (tertiary/aromatic N) is 1. The maximum Gasteiger partial charge on any atom is 0.125 e. The van der Waals surface area contributed by atoms with Gasteiger partial charge in [-0.2, -0.15) is 0 Å². The Morgan fingerprint density at radius 3 is 2.79 bits per heavy atom. The van der Waals surface area contributed by atoms with Gasteiger partial charge in [0.05, 0.1) is 0 Å². The second-order valence-corrected chi connectivity index (χ2v) is 3.36. The summed E-state index contributed by atoms with van der Waals surface area (Å²) in [6.07, 6.45) is 0. The molecule has 1 unspecified atom stereocenters. The van der Waals surface area contributed by atoms with Crippen molar-refractivity contribution >= 4 is 5.69 Å². The third-order valence-corrected chi connectivity index (χ3v) is 2.06. The molecule has 0 amide bonds. The molecule has 0 saturated carbocycles. The molecule has 14 heavy (non-hydrogen) atoms. The summed E-state index contributed by atoms with van der Waals surface area (Å²) in [4.78, 5) is 1.89. The van der Waals surface area contributed by atoms with Gasteiger partial charge in [-0.1, -0.05) is 6.07 Å². The van der Waals surface area contributed by atoms with Gasteiger partial charge in [0.25, 0.3) is 0 Å². The van der Waals surface area contributed by atoms with Gasteiger partial charge in [-0.15, -0.1) is 0 Å². The van der Waals surface area contributed by atoms with Crippen molar-refractivity contribution in [3.05, 3.63) is 30.1 Å². The second kappa shape index (κ2) is 4.93. The lowest BCUT2D eigenvalue weighted by Gasteiger charge is -2.22. The van der Waals surface area contributed by atoms with E-state index in [9.17, 15) is 4.39 Å². The molecular weight excluding hydrogens is 181 g/mol. The van der Waals surface area contributed by atoms with Crippen LogP contribution in [0.5, 0.6) is 0 Å². The first-order valence-electron chi connectivity index (χ1n) is 4.56. The van der Waals surface area contributed by atoms with Crippen LogP contribution >= 0.6 is 0 Å². The quantitative estimate of drug-likeness (QED) is 0.741. The van der Waals surface area contributed by atoms with Crippen LogP contribution in [0.4, 0.5) is 10.1 Å². The molecule has 0 fully saturated rings. The molecule has 0 aliphatic carbocycles. The molecule has 3 nitrogen and oxygen atoms in total. The maximum atomic E-state index is 12.9. The standard InChI is InChI=1S/C10H16FN3/c1-14(7-9(13)6-12)10-4-2-3-8(11)5-10/h2-5,9H,6-7,12-13H2,1H3. The van der Waals surface area contributed by atoms with E-state index < -0.39 is 0 Å². The fraction of sp³-hybridized carbons (Fsp3) is 0.400. The molecule has 0 saturated heterocycles. The van der Waals surface area contributed by atoms with Gasteiger partial charge < -0.3 is 16.4 Å². The molecule has 1 aromatic carbocycles. The highest BCUT2D eigenvalue weighted by molar-refractivity contribution is 5.45. The van der Waals surface area contributed by atoms with Gasteiger partial charge in [-0.25, -0.2) is 4.39 Å². The van der Waals surface area contributed by atoms with E-state index in [4.69, 9.17) is 11.5 Å². The molecule has 1 aromatic rings. The number of rotatable bonds is 4. The van der Waals surface area contributed by atoms with Crippen LogP contribution in [-0.2, 0) is 0 Å². The Balaban J connectivity index is 2.64. The highest BCUT2D eigenvalue weighted by Crippen LogP contribution is 2.13. The van der Waals surface area contributed by atoms with Gasteiger partial charge >= 0.3 is 0 Å². The fourth-order valence-corrected chi connectivity index (χ4v) is 1.25. The van der Waals surface area contributed by atoms with E-state index in [1.54, 1.807) is 6.07 Å². The Labute approximate surface area is 83.5 Å². The first-order valence-corrected chi connectivity index (χ1v) is 4.56. The lowest BCUT2D eigenvalue weighted by molar-refractivity contribution is 0.624. The molecule has 0 bridgehead atoms. The first-order chi connectivity index (χ1) is 6.63. The highest BCUT2D eigenvalue weighted by Gasteiger charge is 2.06. The molecule has 0 heterocycles. The van der Waals surface area contributed by atoms with Crippen molar-refractivity contribution in [3.63, 3.8) is 0 Å². The lowest BCUT2D eigenvalue weighted by Crippen LogP contribution is -2.40. The zero-order valence-electron chi connectivity index (χ0n) is 8.28. The van der Waals surface area contributed by atoms with E-state index in [-0.39, 0.29) is 11.9 Å². The predicted octanol–water partition coefficient (Wildman–Crippen LogP) is 0.548. The summed E-state index contributed by atoms with van der Waals surface area (Å²) >= 11 is 0. The average molecular weight is 197 g/mol. The number of hydrogen-bond acceptors (Lipinski definition) is 3. The van der Waals surface area contributed by atoms with Crippen LogP contribution in [0.15, 0.2) is 24.3 Å². The monoisotopic (exact) mass is 197 g/mol. The van der Waals surface area contributed by atoms with E-state index in [1.165, 1.54) is 12.1 Å². The summed E-state index contributed by atoms with van der Waals surface area (Å²) in [6.45, 7) is 1.06. The topological polar surface area (TPSA) is 55.3 Å². The molecule has 0 aromatic heterocycles. The molecule has 0 aliphatic rings. The number of nitrogens with two attached hydrogens (primary N) is 2. The van der Waals surface area contributed by atoms with Crippen LogP contribution in [0, 0.1) is 5.82 Å². The summed E-state index contributed by atoms with van der Waals surface area (Å²) in [5.41, 5.74) is 11.9. The Hall–Kier alpha value is -1.13. The summed E-state index contributed by atoms with van der Waals surface area (Å²) in [5, 5.41) is 0. The molecule has 1 rings (SSSR count). The molecule has 0 aliphatic heterocycles. The predicted molar refractivity (Wildman–Crippen MR) is 56.7 cm³/mol. The Morgan fingerprint density at radius 2 is 2.21 bits per heavy atom. The van der Waals surface area contributed by atoms with Crippen molar-refractivity contribution in [2.75, 3.05) is 25.0 Å². The lowest BCUT2D eigenvalue weighted by atomic mass is 10.2. The van der Waals surface area contributed by atoms with E-state index in [2.05, 4.69) is 0 Å². The maximum absolute atomic E-state index is 12.9. The van der Waals surface area contributed by atoms with E-state index in [0.29, 0.717) is 13.1 Å². The number of benzene rings is 1. The molecular formula is C10H16FN3. The van der Waals surface area contributed by atoms with Crippen LogP contribution < -0.4 is 16.4 Å². The Morgan fingerprint density at radius 1 is 1.50 bits per heavy atom. The molecule has 78 valence electrons. The van der Waals surface area contributed by atoms with Crippen molar-refractivity contribution in [1.82, 2.24) is 0 Å². The van der Waals surface area contributed by atoms with Crippen molar-refractivity contribution in [1.29, 1.82) is 0 Å². The average Bonchev–Trinajstić information content (AvgIpc) is 2.17. The molecule has 4 heteroatoms. The zero-order chi connectivity index (χ0) is 10.6. The van der Waals surface area contributed by atoms with Gasteiger partial charge in [0.2, 0.25) is 0 Å². The Bertz CT molecular complexity index is 290. The number of likely N-dealkylation sites (N-methyl/N-ethyl adjacent to an activating group) is 1. The van der Waals surface area contributed by atoms with Crippen LogP contribution in [0.25, 0.3) is 0 Å². The van der Waals surface area contributed by atoms with E-state index in [0.717, 1.165) is 5.69 Å². The largest absolute Gasteiger partial charge is 0.373 e. The minimum atomic E-state index is -0.240. The number of halogens is 1. The number of anilines is 1. The van der Waals surface area contributed by atoms with Crippen molar-refractivity contribution in [3.8, 4) is 0 Å². The van der Waals surface area contributed by atoms with Gasteiger partial charge in [-0.05, 0) is 18.2 Å². The molecule has 1 atom stereocenters. The minimum Gasteiger partial charge on any atom is -0.373 e. The summed E-state index contributed by atoms with van der Waals surface area (Å²) in [5.74, 6) is -0.240. The fourth-order valence-electron chi connectivity index (χ4n) is 1.25. The van der Waals surface area contributed by atoms with Gasteiger partial charge in [0.1, 0.15) is 5.82 Å². The van der Waals surface area contributed by atoms with Crippen molar-refractivity contribution in [2.45, 2.75) is 6.04 Å². The molecule has 0 radical (unpaired) electrons. The highest BCUT2D eigenvalue weighted by atomic mass is 19.1. The van der Waals surface area contributed by atoms with Crippen LogP contribution in [0.2, 0.25) is 0 Å². The van der Waals surface area contributed by atoms with E-state index >= 15 is 0 Å². The zero-order valence-corrected chi connectivity index (χ0v) is 8.28. The smallest absolute Gasteiger partial charge is 0.125 e. The summed E-state index contributed by atoms with van der Waals surface area (Å²) in [6, 6.07) is 6.33. The summed E-state index contributed by atoms with van der Waals surface area (Å²) < 4.78 is 12.9. The SMILES string of the molecule is CN(CC(N)CN)c1cccc(F)c1. The minimum absolute atomic E-state index is 0.0803. The third kappa shape index (κ3) is 2.97. The van der Waals surface area contributed by atoms with Gasteiger partial charge in [-0.3, -0.25) is 0 Å².